The first-order valence-corrected chi connectivity index (χ1v) is 10.1. The predicted octanol–water partition coefficient (Wildman–Crippen LogP) is 5.14. The van der Waals surface area contributed by atoms with Gasteiger partial charge in [-0.25, -0.2) is 0 Å². The number of aromatic nitrogens is 1. The van der Waals surface area contributed by atoms with Crippen molar-refractivity contribution in [3.8, 4) is 0 Å². The van der Waals surface area contributed by atoms with Crippen LogP contribution in [0, 0.1) is 5.92 Å². The number of benzene rings is 1. The SMILES string of the molecule is NC(=NCC1CCCCC1)c1c(Nc2ccc(C(F)(F)F)cc2Cl)s[nH]c1=O. The lowest BCUT2D eigenvalue weighted by Crippen LogP contribution is -2.23. The summed E-state index contributed by atoms with van der Waals surface area (Å²) in [6, 6.07) is 2.97. The summed E-state index contributed by atoms with van der Waals surface area (Å²) in [4.78, 5) is 16.5. The zero-order valence-corrected chi connectivity index (χ0v) is 16.5. The molecule has 152 valence electrons. The molecule has 0 radical (unpaired) electrons. The Morgan fingerprint density at radius 1 is 1.32 bits per heavy atom. The van der Waals surface area contributed by atoms with Crippen molar-refractivity contribution in [1.82, 2.24) is 4.37 Å². The van der Waals surface area contributed by atoms with E-state index >= 15 is 0 Å². The van der Waals surface area contributed by atoms with Crippen molar-refractivity contribution in [1.29, 1.82) is 0 Å². The second kappa shape index (κ2) is 8.57. The van der Waals surface area contributed by atoms with Crippen LogP contribution in [-0.2, 0) is 6.18 Å². The van der Waals surface area contributed by atoms with Gasteiger partial charge in [-0.1, -0.05) is 30.9 Å². The Hall–Kier alpha value is -2.00. The molecule has 28 heavy (non-hydrogen) atoms. The van der Waals surface area contributed by atoms with Gasteiger partial charge in [0.05, 0.1) is 16.3 Å². The van der Waals surface area contributed by atoms with Gasteiger partial charge >= 0.3 is 6.18 Å². The predicted molar refractivity (Wildman–Crippen MR) is 107 cm³/mol. The van der Waals surface area contributed by atoms with E-state index in [1.807, 2.05) is 0 Å². The molecule has 1 saturated carbocycles. The Kier molecular flexibility index (Phi) is 6.34. The van der Waals surface area contributed by atoms with Crippen LogP contribution in [-0.4, -0.2) is 16.8 Å². The number of rotatable bonds is 5. The van der Waals surface area contributed by atoms with Crippen LogP contribution in [0.5, 0.6) is 0 Å². The molecule has 1 aromatic heterocycles. The Morgan fingerprint density at radius 3 is 2.68 bits per heavy atom. The summed E-state index contributed by atoms with van der Waals surface area (Å²) in [5.41, 5.74) is 5.22. The lowest BCUT2D eigenvalue weighted by atomic mass is 9.89. The van der Waals surface area contributed by atoms with Gasteiger partial charge < -0.3 is 11.1 Å². The lowest BCUT2D eigenvalue weighted by Gasteiger charge is -2.19. The minimum Gasteiger partial charge on any atom is -0.383 e. The zero-order valence-electron chi connectivity index (χ0n) is 14.9. The van der Waals surface area contributed by atoms with Crippen LogP contribution in [0.1, 0.15) is 43.2 Å². The third kappa shape index (κ3) is 4.88. The molecule has 2 aromatic rings. The van der Waals surface area contributed by atoms with Gasteiger partial charge in [0.2, 0.25) is 0 Å². The number of halogens is 4. The standard InChI is InChI=1S/C18H20ClF3N4OS/c19-12-8-11(18(20,21)22)6-7-13(12)25-17-14(16(27)26-28-17)15(23)24-9-10-4-2-1-3-5-10/h6-8,10,25H,1-5,9H2,(H2,23,24)(H,26,27). The Morgan fingerprint density at radius 2 is 2.04 bits per heavy atom. The molecule has 5 nitrogen and oxygen atoms in total. The molecule has 0 unspecified atom stereocenters. The first-order valence-electron chi connectivity index (χ1n) is 8.91. The van der Waals surface area contributed by atoms with Crippen LogP contribution in [0.15, 0.2) is 28.0 Å². The van der Waals surface area contributed by atoms with Crippen molar-refractivity contribution in [3.63, 3.8) is 0 Å². The first-order chi connectivity index (χ1) is 13.3. The molecule has 0 aliphatic heterocycles. The van der Waals surface area contributed by atoms with Crippen molar-refractivity contribution >= 4 is 39.7 Å². The average Bonchev–Trinajstić information content (AvgIpc) is 3.01. The first kappa shape index (κ1) is 20.7. The maximum Gasteiger partial charge on any atom is 0.416 e. The molecular formula is C18H20ClF3N4OS. The summed E-state index contributed by atoms with van der Waals surface area (Å²) in [5, 5.41) is 3.13. The molecule has 0 saturated heterocycles. The van der Waals surface area contributed by atoms with E-state index in [1.165, 1.54) is 25.3 Å². The highest BCUT2D eigenvalue weighted by atomic mass is 35.5. The van der Waals surface area contributed by atoms with Crippen LogP contribution in [0.25, 0.3) is 0 Å². The van der Waals surface area contributed by atoms with E-state index in [9.17, 15) is 18.0 Å². The summed E-state index contributed by atoms with van der Waals surface area (Å²) in [7, 11) is 0. The van der Waals surface area contributed by atoms with Gasteiger partial charge in [-0.05, 0) is 48.5 Å². The Labute approximate surface area is 169 Å². The van der Waals surface area contributed by atoms with Gasteiger partial charge in [0.15, 0.2) is 0 Å². The van der Waals surface area contributed by atoms with E-state index in [4.69, 9.17) is 17.3 Å². The van der Waals surface area contributed by atoms with Gasteiger partial charge in [-0.2, -0.15) is 13.2 Å². The summed E-state index contributed by atoms with van der Waals surface area (Å²) >= 11 is 6.97. The fraction of sp³-hybridized carbons (Fsp3) is 0.444. The molecule has 1 aliphatic rings. The van der Waals surface area contributed by atoms with E-state index in [1.54, 1.807) is 0 Å². The highest BCUT2D eigenvalue weighted by Gasteiger charge is 2.31. The molecule has 10 heteroatoms. The van der Waals surface area contributed by atoms with Gasteiger partial charge in [-0.3, -0.25) is 14.2 Å². The Bertz CT molecular complexity index is 916. The van der Waals surface area contributed by atoms with Crippen molar-refractivity contribution < 1.29 is 13.2 Å². The zero-order chi connectivity index (χ0) is 20.3. The molecule has 0 amide bonds. The third-order valence-corrected chi connectivity index (χ3v) is 5.86. The van der Waals surface area contributed by atoms with Gasteiger partial charge in [0.1, 0.15) is 16.4 Å². The monoisotopic (exact) mass is 432 g/mol. The molecule has 0 bridgehead atoms. The van der Waals surface area contributed by atoms with Crippen LogP contribution >= 0.6 is 23.1 Å². The number of alkyl halides is 3. The number of hydrogen-bond acceptors (Lipinski definition) is 4. The molecule has 3 rings (SSSR count). The van der Waals surface area contributed by atoms with Crippen LogP contribution in [0.2, 0.25) is 5.02 Å². The van der Waals surface area contributed by atoms with Crippen molar-refractivity contribution in [3.05, 3.63) is 44.7 Å². The second-order valence-electron chi connectivity index (χ2n) is 6.78. The molecule has 4 N–H and O–H groups in total. The number of H-pyrrole nitrogens is 1. The highest BCUT2D eigenvalue weighted by molar-refractivity contribution is 7.10. The molecule has 0 atom stereocenters. The van der Waals surface area contributed by atoms with E-state index in [2.05, 4.69) is 14.7 Å². The largest absolute Gasteiger partial charge is 0.416 e. The number of hydrogen-bond donors (Lipinski definition) is 3. The van der Waals surface area contributed by atoms with E-state index in [0.29, 0.717) is 17.5 Å². The number of aliphatic imine (C=N–C) groups is 1. The summed E-state index contributed by atoms with van der Waals surface area (Å²) < 4.78 is 40.9. The lowest BCUT2D eigenvalue weighted by molar-refractivity contribution is -0.137. The maximum absolute atomic E-state index is 12.8. The molecular weight excluding hydrogens is 413 g/mol. The van der Waals surface area contributed by atoms with Crippen molar-refractivity contribution in [2.45, 2.75) is 38.3 Å². The minimum atomic E-state index is -4.48. The number of amidine groups is 1. The van der Waals surface area contributed by atoms with Gasteiger partial charge in [0, 0.05) is 6.54 Å². The van der Waals surface area contributed by atoms with Crippen LogP contribution in [0.4, 0.5) is 23.9 Å². The molecule has 0 spiro atoms. The Balaban J connectivity index is 1.80. The third-order valence-electron chi connectivity index (χ3n) is 4.75. The molecule has 1 aromatic carbocycles. The normalized spacial score (nSPS) is 16.4. The fourth-order valence-electron chi connectivity index (χ4n) is 3.21. The minimum absolute atomic E-state index is 0.110. The maximum atomic E-state index is 12.8. The average molecular weight is 433 g/mol. The molecule has 1 fully saturated rings. The van der Waals surface area contributed by atoms with Crippen molar-refractivity contribution in [2.24, 2.45) is 16.6 Å². The van der Waals surface area contributed by atoms with Crippen molar-refractivity contribution in [2.75, 3.05) is 11.9 Å². The summed E-state index contributed by atoms with van der Waals surface area (Å²) in [6.07, 6.45) is 1.31. The van der Waals surface area contributed by atoms with E-state index < -0.39 is 17.3 Å². The quantitative estimate of drug-likeness (QED) is 0.452. The summed E-state index contributed by atoms with van der Waals surface area (Å²) in [5.74, 6) is 0.574. The topological polar surface area (TPSA) is 83.3 Å². The second-order valence-corrected chi connectivity index (χ2v) is 8.01. The molecule has 1 heterocycles. The van der Waals surface area contributed by atoms with E-state index in [-0.39, 0.29) is 22.1 Å². The van der Waals surface area contributed by atoms with Gasteiger partial charge in [0.25, 0.3) is 5.56 Å². The van der Waals surface area contributed by atoms with Crippen LogP contribution < -0.4 is 16.6 Å². The number of aromatic amines is 1. The number of nitrogens with two attached hydrogens (primary N) is 1. The number of anilines is 2. The fourth-order valence-corrected chi connectivity index (χ4v) is 4.20. The number of nitrogens with one attached hydrogen (secondary N) is 2. The van der Waals surface area contributed by atoms with E-state index in [0.717, 1.165) is 36.5 Å². The smallest absolute Gasteiger partial charge is 0.383 e. The van der Waals surface area contributed by atoms with Gasteiger partial charge in [-0.15, -0.1) is 0 Å². The molecule has 1 aliphatic carbocycles. The van der Waals surface area contributed by atoms with Crippen LogP contribution in [0.3, 0.4) is 0 Å². The number of nitrogens with zero attached hydrogens (tertiary/aromatic N) is 1. The highest BCUT2D eigenvalue weighted by Crippen LogP contribution is 2.35. The summed E-state index contributed by atoms with van der Waals surface area (Å²) in [6.45, 7) is 0.557.